The molecule has 0 saturated carbocycles. The topological polar surface area (TPSA) is 105 Å². The maximum absolute atomic E-state index is 11.1. The first kappa shape index (κ1) is 11.6. The van der Waals surface area contributed by atoms with Gasteiger partial charge in [-0.2, -0.15) is 0 Å². The first-order valence-corrected chi connectivity index (χ1v) is 5.04. The molecule has 2 amide bonds. The molecule has 6 heteroatoms. The molecule has 2 rings (SSSR count). The number of benzene rings is 1. The van der Waals surface area contributed by atoms with Crippen LogP contribution < -0.4 is 11.5 Å². The van der Waals surface area contributed by atoms with Crippen molar-refractivity contribution >= 4 is 11.8 Å². The van der Waals surface area contributed by atoms with Crippen LogP contribution in [0, 0.1) is 0 Å². The highest BCUT2D eigenvalue weighted by atomic mass is 16.7. The fraction of sp³-hybridized carbons (Fsp3) is 0.273. The van der Waals surface area contributed by atoms with E-state index in [1.807, 2.05) is 6.07 Å². The van der Waals surface area contributed by atoms with Crippen molar-refractivity contribution in [2.75, 3.05) is 0 Å². The molecule has 1 aliphatic rings. The number of carbonyl (C=O) groups excluding carboxylic acids is 2. The van der Waals surface area contributed by atoms with Gasteiger partial charge in [0, 0.05) is 5.56 Å². The molecule has 0 aliphatic carbocycles. The van der Waals surface area contributed by atoms with Gasteiger partial charge in [-0.25, -0.2) is 0 Å². The summed E-state index contributed by atoms with van der Waals surface area (Å²) in [4.78, 5) is 22.2. The van der Waals surface area contributed by atoms with Crippen LogP contribution in [-0.2, 0) is 19.1 Å². The highest BCUT2D eigenvalue weighted by molar-refractivity contribution is 5.89. The summed E-state index contributed by atoms with van der Waals surface area (Å²) in [7, 11) is 0. The van der Waals surface area contributed by atoms with Crippen LogP contribution in [0.1, 0.15) is 11.9 Å². The van der Waals surface area contributed by atoms with Gasteiger partial charge in [-0.1, -0.05) is 30.3 Å². The predicted molar refractivity (Wildman–Crippen MR) is 57.3 cm³/mol. The Morgan fingerprint density at radius 1 is 0.941 bits per heavy atom. The molecule has 1 aliphatic heterocycles. The minimum absolute atomic E-state index is 0.697. The van der Waals surface area contributed by atoms with Gasteiger partial charge >= 0.3 is 0 Å². The number of amides is 2. The summed E-state index contributed by atoms with van der Waals surface area (Å²) in [6.45, 7) is 0. The number of hydrogen-bond acceptors (Lipinski definition) is 4. The minimum atomic E-state index is -1.14. The summed E-state index contributed by atoms with van der Waals surface area (Å²) in [5, 5.41) is 0. The van der Waals surface area contributed by atoms with Gasteiger partial charge in [-0.05, 0) is 0 Å². The molecule has 4 N–H and O–H groups in total. The van der Waals surface area contributed by atoms with Gasteiger partial charge in [0.15, 0.2) is 18.5 Å². The van der Waals surface area contributed by atoms with E-state index in [4.69, 9.17) is 20.9 Å². The van der Waals surface area contributed by atoms with Gasteiger partial charge in [0.25, 0.3) is 0 Å². The van der Waals surface area contributed by atoms with Crippen molar-refractivity contribution < 1.29 is 19.1 Å². The van der Waals surface area contributed by atoms with Crippen molar-refractivity contribution in [3.8, 4) is 0 Å². The lowest BCUT2D eigenvalue weighted by Gasteiger charge is -2.09. The van der Waals surface area contributed by atoms with E-state index in [0.717, 1.165) is 0 Å². The molecule has 0 bridgehead atoms. The Morgan fingerprint density at radius 3 is 1.82 bits per heavy atom. The maximum Gasteiger partial charge on any atom is 0.249 e. The summed E-state index contributed by atoms with van der Waals surface area (Å²) >= 11 is 0. The Hall–Kier alpha value is -1.92. The summed E-state index contributed by atoms with van der Waals surface area (Å²) < 4.78 is 10.6. The van der Waals surface area contributed by atoms with Crippen molar-refractivity contribution in [3.05, 3.63) is 35.9 Å². The van der Waals surface area contributed by atoms with Crippen molar-refractivity contribution in [1.82, 2.24) is 0 Å². The number of ether oxygens (including phenoxy) is 2. The normalized spacial score (nSPS) is 27.9. The lowest BCUT2D eigenvalue weighted by molar-refractivity contribution is -0.133. The molecule has 6 nitrogen and oxygen atoms in total. The van der Waals surface area contributed by atoms with Gasteiger partial charge in [0.2, 0.25) is 11.8 Å². The molecule has 1 saturated heterocycles. The minimum Gasteiger partial charge on any atom is -0.367 e. The average Bonchev–Trinajstić information content (AvgIpc) is 2.75. The van der Waals surface area contributed by atoms with Gasteiger partial charge in [0.05, 0.1) is 0 Å². The van der Waals surface area contributed by atoms with E-state index in [-0.39, 0.29) is 0 Å². The maximum atomic E-state index is 11.1. The highest BCUT2D eigenvalue weighted by Crippen LogP contribution is 2.30. The van der Waals surface area contributed by atoms with Gasteiger partial charge in [-0.15, -0.1) is 0 Å². The van der Waals surface area contributed by atoms with E-state index in [0.29, 0.717) is 5.56 Å². The molecule has 1 aromatic rings. The molecule has 17 heavy (non-hydrogen) atoms. The quantitative estimate of drug-likeness (QED) is 0.733. The van der Waals surface area contributed by atoms with Crippen LogP contribution in [0.15, 0.2) is 30.3 Å². The van der Waals surface area contributed by atoms with Crippen LogP contribution in [0.3, 0.4) is 0 Å². The van der Waals surface area contributed by atoms with Gasteiger partial charge < -0.3 is 20.9 Å². The van der Waals surface area contributed by atoms with Crippen LogP contribution in [0.5, 0.6) is 0 Å². The molecule has 1 aromatic carbocycles. The second-order valence-corrected chi connectivity index (χ2v) is 3.66. The second kappa shape index (κ2) is 4.52. The lowest BCUT2D eigenvalue weighted by Crippen LogP contribution is -2.44. The first-order valence-electron chi connectivity index (χ1n) is 5.04. The molecule has 1 fully saturated rings. The Kier molecular flexibility index (Phi) is 3.08. The van der Waals surface area contributed by atoms with Crippen molar-refractivity contribution in [2.24, 2.45) is 11.5 Å². The lowest BCUT2D eigenvalue weighted by atomic mass is 10.2. The van der Waals surface area contributed by atoms with E-state index in [2.05, 4.69) is 0 Å². The fourth-order valence-corrected chi connectivity index (χ4v) is 1.64. The third kappa shape index (κ3) is 2.27. The molecule has 1 unspecified atom stereocenters. The summed E-state index contributed by atoms with van der Waals surface area (Å²) in [6.07, 6.45) is -3.08. The van der Waals surface area contributed by atoms with Crippen LogP contribution >= 0.6 is 0 Å². The number of nitrogens with two attached hydrogens (primary N) is 2. The van der Waals surface area contributed by atoms with Crippen molar-refractivity contribution in [1.29, 1.82) is 0 Å². The predicted octanol–water partition coefficient (Wildman–Crippen LogP) is -0.560. The Balaban J connectivity index is 2.20. The number of rotatable bonds is 3. The van der Waals surface area contributed by atoms with E-state index in [1.54, 1.807) is 24.3 Å². The zero-order chi connectivity index (χ0) is 12.4. The van der Waals surface area contributed by atoms with Crippen LogP contribution in [0.2, 0.25) is 0 Å². The fourth-order valence-electron chi connectivity index (χ4n) is 1.64. The third-order valence-corrected chi connectivity index (χ3v) is 2.45. The van der Waals surface area contributed by atoms with Crippen molar-refractivity contribution in [2.45, 2.75) is 18.5 Å². The van der Waals surface area contributed by atoms with E-state index < -0.39 is 30.3 Å². The number of hydrogen-bond donors (Lipinski definition) is 2. The Bertz CT molecular complexity index is 412. The van der Waals surface area contributed by atoms with Crippen LogP contribution in [-0.4, -0.2) is 24.0 Å². The van der Waals surface area contributed by atoms with Gasteiger partial charge in [-0.3, -0.25) is 9.59 Å². The smallest absolute Gasteiger partial charge is 0.249 e. The summed E-state index contributed by atoms with van der Waals surface area (Å²) in [5.41, 5.74) is 10.9. The standard InChI is InChI=1S/C11H12N2O4/c12-9(14)7-8(10(13)15)17-11(16-7)6-4-2-1-3-5-6/h1-5,7-8,11H,(H2,12,14)(H2,13,15)/t7-,8+,11?. The molecule has 90 valence electrons. The Labute approximate surface area is 97.5 Å². The molecule has 0 spiro atoms. The molecular formula is C11H12N2O4. The van der Waals surface area contributed by atoms with E-state index >= 15 is 0 Å². The summed E-state index contributed by atoms with van der Waals surface area (Å²) in [6, 6.07) is 8.92. The average molecular weight is 236 g/mol. The third-order valence-electron chi connectivity index (χ3n) is 2.45. The van der Waals surface area contributed by atoms with E-state index in [1.165, 1.54) is 0 Å². The number of primary amides is 2. The molecule has 3 atom stereocenters. The zero-order valence-corrected chi connectivity index (χ0v) is 8.91. The zero-order valence-electron chi connectivity index (χ0n) is 8.91. The highest BCUT2D eigenvalue weighted by Gasteiger charge is 2.43. The van der Waals surface area contributed by atoms with Gasteiger partial charge in [0.1, 0.15) is 0 Å². The molecule has 0 aromatic heterocycles. The van der Waals surface area contributed by atoms with Crippen molar-refractivity contribution in [3.63, 3.8) is 0 Å². The Morgan fingerprint density at radius 2 is 1.41 bits per heavy atom. The molecule has 0 radical (unpaired) electrons. The first-order chi connectivity index (χ1) is 8.09. The number of carbonyl (C=O) groups is 2. The van der Waals surface area contributed by atoms with Crippen LogP contribution in [0.4, 0.5) is 0 Å². The summed E-state index contributed by atoms with van der Waals surface area (Å²) in [5.74, 6) is -1.54. The second-order valence-electron chi connectivity index (χ2n) is 3.66. The molecule has 1 heterocycles. The largest absolute Gasteiger partial charge is 0.367 e. The monoisotopic (exact) mass is 236 g/mol. The van der Waals surface area contributed by atoms with E-state index in [9.17, 15) is 9.59 Å². The SMILES string of the molecule is NC(=O)[C@H]1OC(c2ccccc2)O[C@H]1C(N)=O. The molecular weight excluding hydrogens is 224 g/mol. The van der Waals surface area contributed by atoms with Crippen LogP contribution in [0.25, 0.3) is 0 Å².